The minimum Gasteiger partial charge on any atom is -0.496 e. The van der Waals surface area contributed by atoms with Crippen LogP contribution in [0.15, 0.2) is 60.8 Å². The first-order valence-corrected chi connectivity index (χ1v) is 12.1. The third-order valence-corrected chi connectivity index (χ3v) is 5.82. The van der Waals surface area contributed by atoms with Crippen molar-refractivity contribution in [1.29, 1.82) is 0 Å². The maximum absolute atomic E-state index is 12.6. The molecule has 2 aromatic heterocycles. The Morgan fingerprint density at radius 1 is 1.03 bits per heavy atom. The molecule has 0 atom stereocenters. The second-order valence-corrected chi connectivity index (χ2v) is 10.0. The zero-order valence-electron chi connectivity index (χ0n) is 21.5. The molecule has 0 aliphatic heterocycles. The number of amides is 2. The van der Waals surface area contributed by atoms with E-state index in [4.69, 9.17) is 10.5 Å². The van der Waals surface area contributed by atoms with Gasteiger partial charge in [0.05, 0.1) is 7.11 Å². The van der Waals surface area contributed by atoms with E-state index in [1.807, 2.05) is 48.7 Å². The molecule has 2 heterocycles. The SMILES string of the molecule is COc1cc(C(N)=O)ccc1CCNc1nc2ccc(-c3cccc(C(=O)NCC(C)(C)C)c3)cn2n1. The Kier molecular flexibility index (Phi) is 7.42. The minimum atomic E-state index is -0.494. The van der Waals surface area contributed by atoms with Crippen LogP contribution in [0.25, 0.3) is 16.8 Å². The molecule has 0 spiro atoms. The second kappa shape index (κ2) is 10.7. The molecule has 0 saturated carbocycles. The lowest BCUT2D eigenvalue weighted by molar-refractivity contribution is 0.0938. The van der Waals surface area contributed by atoms with Gasteiger partial charge in [-0.25, -0.2) is 4.52 Å². The predicted octanol–water partition coefficient (Wildman–Crippen LogP) is 3.93. The maximum Gasteiger partial charge on any atom is 0.251 e. The number of nitrogens with zero attached hydrogens (tertiary/aromatic N) is 3. The molecule has 2 aromatic carbocycles. The first kappa shape index (κ1) is 25.7. The third kappa shape index (κ3) is 6.43. The van der Waals surface area contributed by atoms with Crippen LogP contribution in [0.1, 0.15) is 47.1 Å². The van der Waals surface area contributed by atoms with Crippen LogP contribution in [0, 0.1) is 5.41 Å². The fourth-order valence-electron chi connectivity index (χ4n) is 3.83. The number of nitrogens with two attached hydrogens (primary N) is 1. The van der Waals surface area contributed by atoms with Gasteiger partial charge in [0.1, 0.15) is 5.75 Å². The summed E-state index contributed by atoms with van der Waals surface area (Å²) in [5.74, 6) is 0.526. The number of anilines is 1. The lowest BCUT2D eigenvalue weighted by atomic mass is 9.96. The highest BCUT2D eigenvalue weighted by Gasteiger charge is 2.14. The summed E-state index contributed by atoms with van der Waals surface area (Å²) >= 11 is 0. The first-order valence-electron chi connectivity index (χ1n) is 12.1. The van der Waals surface area contributed by atoms with Gasteiger partial charge in [0.25, 0.3) is 5.91 Å². The van der Waals surface area contributed by atoms with Gasteiger partial charge in [-0.2, -0.15) is 4.98 Å². The number of nitrogens with one attached hydrogen (secondary N) is 2. The number of methoxy groups -OCH3 is 1. The number of primary amides is 1. The molecule has 0 aliphatic rings. The lowest BCUT2D eigenvalue weighted by Gasteiger charge is -2.18. The molecule has 2 amide bonds. The highest BCUT2D eigenvalue weighted by atomic mass is 16.5. The number of pyridine rings is 1. The third-order valence-electron chi connectivity index (χ3n) is 5.82. The Labute approximate surface area is 216 Å². The number of aromatic nitrogens is 3. The molecule has 192 valence electrons. The van der Waals surface area contributed by atoms with Gasteiger partial charge in [-0.1, -0.05) is 39.0 Å². The van der Waals surface area contributed by atoms with Crippen molar-refractivity contribution in [3.05, 3.63) is 77.5 Å². The van der Waals surface area contributed by atoms with E-state index in [1.54, 1.807) is 23.8 Å². The summed E-state index contributed by atoms with van der Waals surface area (Å²) in [6.07, 6.45) is 2.54. The Bertz CT molecular complexity index is 1440. The van der Waals surface area contributed by atoms with Gasteiger partial charge in [-0.15, -0.1) is 5.10 Å². The number of fused-ring (bicyclic) bond motifs is 1. The summed E-state index contributed by atoms with van der Waals surface area (Å²) in [6.45, 7) is 7.42. The van der Waals surface area contributed by atoms with Gasteiger partial charge in [0.15, 0.2) is 5.65 Å². The Balaban J connectivity index is 1.44. The first-order chi connectivity index (χ1) is 17.6. The molecule has 0 unspecified atom stereocenters. The van der Waals surface area contributed by atoms with Crippen molar-refractivity contribution >= 4 is 23.4 Å². The fourth-order valence-corrected chi connectivity index (χ4v) is 3.83. The van der Waals surface area contributed by atoms with Crippen LogP contribution >= 0.6 is 0 Å². The molecule has 37 heavy (non-hydrogen) atoms. The van der Waals surface area contributed by atoms with Crippen LogP contribution in [0.5, 0.6) is 5.75 Å². The zero-order valence-corrected chi connectivity index (χ0v) is 21.5. The maximum atomic E-state index is 12.6. The van der Waals surface area contributed by atoms with Gasteiger partial charge in [0.2, 0.25) is 11.9 Å². The number of ether oxygens (including phenoxy) is 1. The summed E-state index contributed by atoms with van der Waals surface area (Å²) in [5.41, 5.74) is 9.87. The standard InChI is InChI=1S/C28H32N6O3/c1-28(2,3)17-31-26(36)21-7-5-6-19(14-21)22-10-11-24-32-27(33-34(24)16-22)30-13-12-18-8-9-20(25(29)35)15-23(18)37-4/h5-11,14-16H,12-13,17H2,1-4H3,(H2,29,35)(H,30,33)(H,31,36). The van der Waals surface area contributed by atoms with Crippen molar-refractivity contribution in [2.75, 3.05) is 25.5 Å². The summed E-state index contributed by atoms with van der Waals surface area (Å²) in [4.78, 5) is 28.5. The predicted molar refractivity (Wildman–Crippen MR) is 144 cm³/mol. The summed E-state index contributed by atoms with van der Waals surface area (Å²) in [6, 6.07) is 16.6. The Hall–Kier alpha value is -4.40. The average Bonchev–Trinajstić information content (AvgIpc) is 3.29. The quantitative estimate of drug-likeness (QED) is 0.320. The molecule has 0 saturated heterocycles. The smallest absolute Gasteiger partial charge is 0.251 e. The number of carbonyl (C=O) groups excluding carboxylic acids is 2. The van der Waals surface area contributed by atoms with E-state index >= 15 is 0 Å². The molecular weight excluding hydrogens is 468 g/mol. The summed E-state index contributed by atoms with van der Waals surface area (Å²) in [7, 11) is 1.56. The second-order valence-electron chi connectivity index (χ2n) is 10.0. The average molecular weight is 501 g/mol. The van der Waals surface area contributed by atoms with Crippen molar-refractivity contribution in [2.45, 2.75) is 27.2 Å². The van der Waals surface area contributed by atoms with Crippen molar-refractivity contribution in [1.82, 2.24) is 19.9 Å². The highest BCUT2D eigenvalue weighted by Crippen LogP contribution is 2.23. The van der Waals surface area contributed by atoms with E-state index in [9.17, 15) is 9.59 Å². The number of hydrogen-bond donors (Lipinski definition) is 3. The van der Waals surface area contributed by atoms with Crippen LogP contribution in [-0.2, 0) is 6.42 Å². The van der Waals surface area contributed by atoms with Gasteiger partial charge in [-0.05, 0) is 59.4 Å². The number of benzene rings is 2. The number of carbonyl (C=O) groups is 2. The molecule has 4 aromatic rings. The van der Waals surface area contributed by atoms with Crippen LogP contribution < -0.4 is 21.1 Å². The van der Waals surface area contributed by atoms with E-state index in [2.05, 4.69) is 41.5 Å². The normalized spacial score (nSPS) is 11.4. The minimum absolute atomic E-state index is 0.0127. The number of rotatable bonds is 9. The molecule has 0 bridgehead atoms. The van der Waals surface area contributed by atoms with Gasteiger partial charge in [-0.3, -0.25) is 9.59 Å². The van der Waals surface area contributed by atoms with Crippen molar-refractivity contribution < 1.29 is 14.3 Å². The van der Waals surface area contributed by atoms with Crippen molar-refractivity contribution in [3.8, 4) is 16.9 Å². The molecule has 4 N–H and O–H groups in total. The van der Waals surface area contributed by atoms with Crippen LogP contribution in [0.4, 0.5) is 5.95 Å². The van der Waals surface area contributed by atoms with Crippen LogP contribution in [0.2, 0.25) is 0 Å². The highest BCUT2D eigenvalue weighted by molar-refractivity contribution is 5.95. The lowest BCUT2D eigenvalue weighted by Crippen LogP contribution is -2.32. The Morgan fingerprint density at radius 3 is 2.57 bits per heavy atom. The zero-order chi connectivity index (χ0) is 26.6. The monoisotopic (exact) mass is 500 g/mol. The van der Waals surface area contributed by atoms with E-state index in [0.29, 0.717) is 48.0 Å². The van der Waals surface area contributed by atoms with Gasteiger partial charge < -0.3 is 21.1 Å². The van der Waals surface area contributed by atoms with Crippen LogP contribution in [-0.4, -0.2) is 46.6 Å². The molecule has 9 heteroatoms. The van der Waals surface area contributed by atoms with E-state index in [-0.39, 0.29) is 11.3 Å². The Morgan fingerprint density at radius 2 is 1.84 bits per heavy atom. The van der Waals surface area contributed by atoms with Crippen molar-refractivity contribution in [2.24, 2.45) is 11.1 Å². The molecule has 0 fully saturated rings. The molecular formula is C28H32N6O3. The largest absolute Gasteiger partial charge is 0.496 e. The molecule has 0 radical (unpaired) electrons. The van der Waals surface area contributed by atoms with E-state index < -0.39 is 5.91 Å². The fraction of sp³-hybridized carbons (Fsp3) is 0.286. The molecule has 4 rings (SSSR count). The molecule has 9 nitrogen and oxygen atoms in total. The van der Waals surface area contributed by atoms with Gasteiger partial charge >= 0.3 is 0 Å². The molecule has 0 aliphatic carbocycles. The van der Waals surface area contributed by atoms with Crippen LogP contribution in [0.3, 0.4) is 0 Å². The van der Waals surface area contributed by atoms with Crippen molar-refractivity contribution in [3.63, 3.8) is 0 Å². The van der Waals surface area contributed by atoms with E-state index in [0.717, 1.165) is 16.7 Å². The summed E-state index contributed by atoms with van der Waals surface area (Å²) < 4.78 is 7.11. The summed E-state index contributed by atoms with van der Waals surface area (Å²) in [5, 5.41) is 10.8. The topological polar surface area (TPSA) is 124 Å². The van der Waals surface area contributed by atoms with E-state index in [1.165, 1.54) is 0 Å². The van der Waals surface area contributed by atoms with Gasteiger partial charge in [0, 0.05) is 36.0 Å². The number of hydrogen-bond acceptors (Lipinski definition) is 6.